The standard InChI is InChI=1S/C17H21BrN4OS/c1-12-6-7-15(24-12)11-22-17(19-2)21-9-8-20-16(23)13-4-3-5-14(18)10-13/h3-7,10H,8-9,11H2,1-2H3,(H,20,23)(H2,19,21,22). The van der Waals surface area contributed by atoms with Crippen LogP contribution in [0.3, 0.4) is 0 Å². The number of carbonyl (C=O) groups excluding carboxylic acids is 1. The van der Waals surface area contributed by atoms with E-state index in [-0.39, 0.29) is 5.91 Å². The summed E-state index contributed by atoms with van der Waals surface area (Å²) in [5.41, 5.74) is 0.639. The van der Waals surface area contributed by atoms with E-state index in [2.05, 4.69) is 55.9 Å². The number of rotatable bonds is 6. The van der Waals surface area contributed by atoms with Gasteiger partial charge >= 0.3 is 0 Å². The minimum absolute atomic E-state index is 0.0879. The van der Waals surface area contributed by atoms with Crippen LogP contribution in [0.2, 0.25) is 0 Å². The third-order valence-electron chi connectivity index (χ3n) is 3.24. The molecule has 0 atom stereocenters. The Kier molecular flexibility index (Phi) is 7.27. The van der Waals surface area contributed by atoms with Gasteiger partial charge in [-0.15, -0.1) is 11.3 Å². The quantitative estimate of drug-likeness (QED) is 0.391. The zero-order valence-corrected chi connectivity index (χ0v) is 16.1. The van der Waals surface area contributed by atoms with Crippen molar-refractivity contribution in [3.8, 4) is 0 Å². The molecule has 2 aromatic rings. The van der Waals surface area contributed by atoms with Gasteiger partial charge in [0, 0.05) is 39.9 Å². The first-order valence-corrected chi connectivity index (χ1v) is 9.23. The van der Waals surface area contributed by atoms with Gasteiger partial charge in [-0.3, -0.25) is 9.79 Å². The van der Waals surface area contributed by atoms with Gasteiger partial charge in [0.1, 0.15) is 0 Å². The molecular weight excluding hydrogens is 388 g/mol. The summed E-state index contributed by atoms with van der Waals surface area (Å²) in [7, 11) is 1.73. The largest absolute Gasteiger partial charge is 0.355 e. The number of hydrogen-bond donors (Lipinski definition) is 3. The number of nitrogens with zero attached hydrogens (tertiary/aromatic N) is 1. The van der Waals surface area contributed by atoms with E-state index in [1.807, 2.05) is 12.1 Å². The maximum absolute atomic E-state index is 12.0. The van der Waals surface area contributed by atoms with Gasteiger partial charge in [-0.25, -0.2) is 0 Å². The van der Waals surface area contributed by atoms with Gasteiger partial charge in [-0.05, 0) is 37.3 Å². The molecule has 0 bridgehead atoms. The van der Waals surface area contributed by atoms with Crippen molar-refractivity contribution in [3.05, 3.63) is 56.2 Å². The van der Waals surface area contributed by atoms with Gasteiger partial charge in [0.2, 0.25) is 0 Å². The lowest BCUT2D eigenvalue weighted by Crippen LogP contribution is -2.41. The summed E-state index contributed by atoms with van der Waals surface area (Å²) in [6, 6.07) is 11.5. The molecule has 5 nitrogen and oxygen atoms in total. The average Bonchev–Trinajstić information content (AvgIpc) is 2.99. The highest BCUT2D eigenvalue weighted by molar-refractivity contribution is 9.10. The van der Waals surface area contributed by atoms with Crippen molar-refractivity contribution in [2.24, 2.45) is 4.99 Å². The van der Waals surface area contributed by atoms with E-state index >= 15 is 0 Å². The molecule has 2 rings (SSSR count). The Morgan fingerprint density at radius 1 is 1.17 bits per heavy atom. The fourth-order valence-electron chi connectivity index (χ4n) is 2.06. The highest BCUT2D eigenvalue weighted by Gasteiger charge is 2.05. The van der Waals surface area contributed by atoms with E-state index in [1.54, 1.807) is 30.5 Å². The molecule has 3 N–H and O–H groups in total. The molecule has 1 amide bonds. The Morgan fingerprint density at radius 2 is 1.96 bits per heavy atom. The van der Waals surface area contributed by atoms with Crippen molar-refractivity contribution in [2.75, 3.05) is 20.1 Å². The Balaban J connectivity index is 1.69. The lowest BCUT2D eigenvalue weighted by Gasteiger charge is -2.12. The summed E-state index contributed by atoms with van der Waals surface area (Å²) in [6.07, 6.45) is 0. The van der Waals surface area contributed by atoms with Gasteiger partial charge in [0.15, 0.2) is 5.96 Å². The van der Waals surface area contributed by atoms with Gasteiger partial charge in [-0.1, -0.05) is 22.0 Å². The van der Waals surface area contributed by atoms with Gasteiger partial charge < -0.3 is 16.0 Å². The third-order valence-corrected chi connectivity index (χ3v) is 4.73. The number of thiophene rings is 1. The Hall–Kier alpha value is -1.86. The Labute approximate surface area is 154 Å². The van der Waals surface area contributed by atoms with Gasteiger partial charge in [-0.2, -0.15) is 0 Å². The third kappa shape index (κ3) is 5.98. The molecule has 0 spiro atoms. The second-order valence-corrected chi connectivity index (χ2v) is 7.42. The van der Waals surface area contributed by atoms with Crippen LogP contribution in [-0.2, 0) is 6.54 Å². The number of aryl methyl sites for hydroxylation is 1. The molecule has 0 aliphatic heterocycles. The van der Waals surface area contributed by atoms with Crippen molar-refractivity contribution in [2.45, 2.75) is 13.5 Å². The summed E-state index contributed by atoms with van der Waals surface area (Å²) in [5.74, 6) is 0.632. The molecule has 128 valence electrons. The molecule has 1 aromatic carbocycles. The fraction of sp³-hybridized carbons (Fsp3) is 0.294. The van der Waals surface area contributed by atoms with Crippen LogP contribution < -0.4 is 16.0 Å². The van der Waals surface area contributed by atoms with Crippen LogP contribution >= 0.6 is 27.3 Å². The van der Waals surface area contributed by atoms with Crippen molar-refractivity contribution in [1.29, 1.82) is 0 Å². The molecule has 0 fully saturated rings. The molecule has 0 aliphatic carbocycles. The van der Waals surface area contributed by atoms with E-state index in [1.165, 1.54) is 9.75 Å². The van der Waals surface area contributed by atoms with Crippen LogP contribution in [0.4, 0.5) is 0 Å². The number of halogens is 1. The van der Waals surface area contributed by atoms with Crippen LogP contribution in [0.5, 0.6) is 0 Å². The van der Waals surface area contributed by atoms with E-state index < -0.39 is 0 Å². The van der Waals surface area contributed by atoms with E-state index in [4.69, 9.17) is 0 Å². The van der Waals surface area contributed by atoms with Crippen molar-refractivity contribution in [3.63, 3.8) is 0 Å². The number of hydrogen-bond acceptors (Lipinski definition) is 3. The molecule has 7 heteroatoms. The highest BCUT2D eigenvalue weighted by atomic mass is 79.9. The number of amides is 1. The molecule has 0 unspecified atom stereocenters. The number of guanidine groups is 1. The lowest BCUT2D eigenvalue weighted by molar-refractivity contribution is 0.0954. The second-order valence-electron chi connectivity index (χ2n) is 5.13. The zero-order valence-electron chi connectivity index (χ0n) is 13.7. The number of aliphatic imine (C=N–C) groups is 1. The number of nitrogens with one attached hydrogen (secondary N) is 3. The fourth-order valence-corrected chi connectivity index (χ4v) is 3.29. The molecule has 0 saturated heterocycles. The topological polar surface area (TPSA) is 65.5 Å². The first-order valence-electron chi connectivity index (χ1n) is 7.62. The predicted molar refractivity (Wildman–Crippen MR) is 104 cm³/mol. The molecule has 1 heterocycles. The smallest absolute Gasteiger partial charge is 0.251 e. The van der Waals surface area contributed by atoms with E-state index in [0.29, 0.717) is 18.7 Å². The van der Waals surface area contributed by atoms with Crippen molar-refractivity contribution >= 4 is 39.1 Å². The van der Waals surface area contributed by atoms with Crippen LogP contribution in [0.15, 0.2) is 45.9 Å². The van der Waals surface area contributed by atoms with Gasteiger partial charge in [0.25, 0.3) is 5.91 Å². The normalized spacial score (nSPS) is 11.2. The van der Waals surface area contributed by atoms with Crippen molar-refractivity contribution in [1.82, 2.24) is 16.0 Å². The van der Waals surface area contributed by atoms with E-state index in [9.17, 15) is 4.79 Å². The second kappa shape index (κ2) is 9.44. The minimum atomic E-state index is -0.0879. The summed E-state index contributed by atoms with van der Waals surface area (Å²) in [6.45, 7) is 3.95. The molecule has 24 heavy (non-hydrogen) atoms. The van der Waals surface area contributed by atoms with Crippen LogP contribution in [0, 0.1) is 6.92 Å². The van der Waals surface area contributed by atoms with Crippen molar-refractivity contribution < 1.29 is 4.79 Å². The molecule has 0 aliphatic rings. The average molecular weight is 409 g/mol. The first-order chi connectivity index (χ1) is 11.6. The SMILES string of the molecule is CN=C(NCCNC(=O)c1cccc(Br)c1)NCc1ccc(C)s1. The number of benzene rings is 1. The van der Waals surface area contributed by atoms with E-state index in [0.717, 1.165) is 17.0 Å². The molecule has 0 radical (unpaired) electrons. The Morgan fingerprint density at radius 3 is 2.62 bits per heavy atom. The Bertz CT molecular complexity index is 714. The van der Waals surface area contributed by atoms with Crippen LogP contribution in [0.1, 0.15) is 20.1 Å². The lowest BCUT2D eigenvalue weighted by atomic mass is 10.2. The number of carbonyl (C=O) groups is 1. The maximum atomic E-state index is 12.0. The summed E-state index contributed by atoms with van der Waals surface area (Å²) in [5, 5.41) is 9.32. The molecule has 0 saturated carbocycles. The van der Waals surface area contributed by atoms with Crippen LogP contribution in [-0.4, -0.2) is 32.0 Å². The van der Waals surface area contributed by atoms with Crippen LogP contribution in [0.25, 0.3) is 0 Å². The minimum Gasteiger partial charge on any atom is -0.355 e. The summed E-state index contributed by atoms with van der Waals surface area (Å²) < 4.78 is 0.890. The molecule has 1 aromatic heterocycles. The monoisotopic (exact) mass is 408 g/mol. The summed E-state index contributed by atoms with van der Waals surface area (Å²) >= 11 is 5.13. The van der Waals surface area contributed by atoms with Gasteiger partial charge in [0.05, 0.1) is 6.54 Å². The zero-order chi connectivity index (χ0) is 17.4. The predicted octanol–water partition coefficient (Wildman–Crippen LogP) is 2.91. The maximum Gasteiger partial charge on any atom is 0.251 e. The summed E-state index contributed by atoms with van der Waals surface area (Å²) in [4.78, 5) is 18.8. The highest BCUT2D eigenvalue weighted by Crippen LogP contribution is 2.14. The first kappa shape index (κ1) is 18.5. The molecular formula is C17H21BrN4OS.